The molecular formula is C13H16F5N. The van der Waals surface area contributed by atoms with Crippen molar-refractivity contribution < 1.29 is 22.0 Å². The summed E-state index contributed by atoms with van der Waals surface area (Å²) < 4.78 is 63.6. The van der Waals surface area contributed by atoms with Crippen LogP contribution in [0.15, 0.2) is 30.3 Å². The van der Waals surface area contributed by atoms with Crippen LogP contribution in [-0.4, -0.2) is 18.1 Å². The zero-order chi connectivity index (χ0) is 14.7. The van der Waals surface area contributed by atoms with Crippen LogP contribution in [-0.2, 0) is 0 Å². The molecule has 0 heterocycles. The minimum Gasteiger partial charge on any atom is -0.302 e. The summed E-state index contributed by atoms with van der Waals surface area (Å²) in [4.78, 5) is 0. The predicted octanol–water partition coefficient (Wildman–Crippen LogP) is 4.31. The first kappa shape index (κ1) is 15.9. The fourth-order valence-corrected chi connectivity index (χ4v) is 1.82. The average Bonchev–Trinajstić information content (AvgIpc) is 2.35. The highest BCUT2D eigenvalue weighted by molar-refractivity contribution is 5.18. The first-order valence-corrected chi connectivity index (χ1v) is 5.95. The third kappa shape index (κ3) is 3.65. The van der Waals surface area contributed by atoms with Gasteiger partial charge in [-0.2, -0.15) is 22.0 Å². The Balaban J connectivity index is 2.83. The van der Waals surface area contributed by atoms with Crippen LogP contribution >= 0.6 is 0 Å². The van der Waals surface area contributed by atoms with Crippen LogP contribution in [0.3, 0.4) is 0 Å². The topological polar surface area (TPSA) is 12.0 Å². The first-order valence-electron chi connectivity index (χ1n) is 5.95. The molecule has 0 aromatic heterocycles. The summed E-state index contributed by atoms with van der Waals surface area (Å²) in [6.07, 6.45) is -5.86. The van der Waals surface area contributed by atoms with E-state index < -0.39 is 24.2 Å². The molecule has 0 fully saturated rings. The molecule has 6 heteroatoms. The first-order chi connectivity index (χ1) is 8.70. The Morgan fingerprint density at radius 2 is 1.58 bits per heavy atom. The Hall–Kier alpha value is -1.17. The van der Waals surface area contributed by atoms with Crippen LogP contribution in [0.1, 0.15) is 31.9 Å². The molecule has 19 heavy (non-hydrogen) atoms. The number of alkyl halides is 5. The Morgan fingerprint density at radius 1 is 1.05 bits per heavy atom. The van der Waals surface area contributed by atoms with Crippen molar-refractivity contribution in [3.05, 3.63) is 35.9 Å². The van der Waals surface area contributed by atoms with Crippen LogP contribution in [0.25, 0.3) is 0 Å². The minimum atomic E-state index is -5.54. The highest BCUT2D eigenvalue weighted by Crippen LogP contribution is 2.39. The Labute approximate surface area is 108 Å². The van der Waals surface area contributed by atoms with Crippen LogP contribution in [0, 0.1) is 0 Å². The molecule has 0 bridgehead atoms. The quantitative estimate of drug-likeness (QED) is 0.793. The summed E-state index contributed by atoms with van der Waals surface area (Å²) in [5, 5.41) is 2.36. The van der Waals surface area contributed by atoms with E-state index in [-0.39, 0.29) is 6.42 Å². The lowest BCUT2D eigenvalue weighted by molar-refractivity contribution is -0.293. The maximum Gasteiger partial charge on any atom is 0.454 e. The van der Waals surface area contributed by atoms with Crippen molar-refractivity contribution in [2.75, 3.05) is 0 Å². The third-order valence-corrected chi connectivity index (χ3v) is 2.97. The molecule has 1 rings (SSSR count). The smallest absolute Gasteiger partial charge is 0.302 e. The predicted molar refractivity (Wildman–Crippen MR) is 63.1 cm³/mol. The number of benzene rings is 1. The molecule has 0 saturated carbocycles. The number of hydrogen-bond donors (Lipinski definition) is 1. The van der Waals surface area contributed by atoms with Crippen LogP contribution in [0.5, 0.6) is 0 Å². The second-order valence-electron chi connectivity index (χ2n) is 4.38. The molecule has 1 N–H and O–H groups in total. The van der Waals surface area contributed by atoms with Gasteiger partial charge in [-0.3, -0.25) is 0 Å². The van der Waals surface area contributed by atoms with E-state index in [0.717, 1.165) is 0 Å². The van der Waals surface area contributed by atoms with E-state index in [1.165, 1.54) is 6.92 Å². The zero-order valence-corrected chi connectivity index (χ0v) is 10.6. The largest absolute Gasteiger partial charge is 0.454 e. The standard InChI is InChI=1S/C13H16F5N/c1-3-11(12(14,15)13(16,17)18)19-9(2)10-7-5-4-6-8-10/h4-9,11,19H,3H2,1-2H3. The van der Waals surface area contributed by atoms with Crippen molar-refractivity contribution in [3.8, 4) is 0 Å². The highest BCUT2D eigenvalue weighted by Gasteiger charge is 2.61. The maximum absolute atomic E-state index is 13.3. The molecule has 0 saturated heterocycles. The lowest BCUT2D eigenvalue weighted by atomic mass is 10.0. The van der Waals surface area contributed by atoms with E-state index in [0.29, 0.717) is 5.56 Å². The fraction of sp³-hybridized carbons (Fsp3) is 0.538. The van der Waals surface area contributed by atoms with Gasteiger partial charge in [-0.05, 0) is 18.9 Å². The van der Waals surface area contributed by atoms with Gasteiger partial charge in [-0.25, -0.2) is 0 Å². The van der Waals surface area contributed by atoms with Gasteiger partial charge in [-0.1, -0.05) is 37.3 Å². The molecule has 0 aliphatic carbocycles. The number of rotatable bonds is 5. The zero-order valence-electron chi connectivity index (χ0n) is 10.6. The van der Waals surface area contributed by atoms with Crippen molar-refractivity contribution in [3.63, 3.8) is 0 Å². The number of hydrogen-bond acceptors (Lipinski definition) is 1. The molecule has 0 amide bonds. The van der Waals surface area contributed by atoms with Crippen molar-refractivity contribution >= 4 is 0 Å². The van der Waals surface area contributed by atoms with E-state index in [9.17, 15) is 22.0 Å². The monoisotopic (exact) mass is 281 g/mol. The van der Waals surface area contributed by atoms with E-state index in [1.54, 1.807) is 37.3 Å². The van der Waals surface area contributed by atoms with E-state index in [2.05, 4.69) is 5.32 Å². The van der Waals surface area contributed by atoms with Gasteiger partial charge in [0.15, 0.2) is 0 Å². The molecular weight excluding hydrogens is 265 g/mol. The molecule has 108 valence electrons. The van der Waals surface area contributed by atoms with E-state index in [1.807, 2.05) is 0 Å². The van der Waals surface area contributed by atoms with Gasteiger partial charge < -0.3 is 5.32 Å². The van der Waals surface area contributed by atoms with Crippen molar-refractivity contribution in [1.82, 2.24) is 5.32 Å². The minimum absolute atomic E-state index is 0.316. The highest BCUT2D eigenvalue weighted by atomic mass is 19.4. The molecule has 0 aliphatic rings. The van der Waals surface area contributed by atoms with Gasteiger partial charge >= 0.3 is 12.1 Å². The number of nitrogens with one attached hydrogen (secondary N) is 1. The lowest BCUT2D eigenvalue weighted by Crippen LogP contribution is -2.54. The van der Waals surface area contributed by atoms with Gasteiger partial charge in [0.25, 0.3) is 0 Å². The summed E-state index contributed by atoms with van der Waals surface area (Å²) in [7, 11) is 0. The summed E-state index contributed by atoms with van der Waals surface area (Å²) in [5.41, 5.74) is 0.666. The Kier molecular flexibility index (Phi) is 4.90. The SMILES string of the molecule is CCC(NC(C)c1ccccc1)C(F)(F)C(F)(F)F. The van der Waals surface area contributed by atoms with Gasteiger partial charge in [0.1, 0.15) is 0 Å². The van der Waals surface area contributed by atoms with Crippen molar-refractivity contribution in [2.24, 2.45) is 0 Å². The van der Waals surface area contributed by atoms with Gasteiger partial charge in [0.2, 0.25) is 0 Å². The summed E-state index contributed by atoms with van der Waals surface area (Å²) in [6.45, 7) is 2.86. The van der Waals surface area contributed by atoms with Crippen LogP contribution < -0.4 is 5.32 Å². The molecule has 0 spiro atoms. The van der Waals surface area contributed by atoms with Crippen molar-refractivity contribution in [2.45, 2.75) is 44.5 Å². The lowest BCUT2D eigenvalue weighted by Gasteiger charge is -2.31. The average molecular weight is 281 g/mol. The van der Waals surface area contributed by atoms with Gasteiger partial charge in [-0.15, -0.1) is 0 Å². The second kappa shape index (κ2) is 5.86. The summed E-state index contributed by atoms with van der Waals surface area (Å²) in [6, 6.07) is 5.98. The molecule has 1 aromatic carbocycles. The maximum atomic E-state index is 13.3. The van der Waals surface area contributed by atoms with Crippen LogP contribution in [0.4, 0.5) is 22.0 Å². The van der Waals surface area contributed by atoms with Gasteiger partial charge in [0.05, 0.1) is 6.04 Å². The molecule has 2 unspecified atom stereocenters. The normalized spacial score (nSPS) is 16.2. The van der Waals surface area contributed by atoms with Crippen LogP contribution in [0.2, 0.25) is 0 Å². The molecule has 2 atom stereocenters. The number of halogens is 5. The molecule has 1 aromatic rings. The van der Waals surface area contributed by atoms with E-state index in [4.69, 9.17) is 0 Å². The fourth-order valence-electron chi connectivity index (χ4n) is 1.82. The Bertz CT molecular complexity index is 388. The molecule has 0 aliphatic heterocycles. The molecule has 0 radical (unpaired) electrons. The van der Waals surface area contributed by atoms with Gasteiger partial charge in [0, 0.05) is 6.04 Å². The summed E-state index contributed by atoms with van der Waals surface area (Å²) >= 11 is 0. The summed E-state index contributed by atoms with van der Waals surface area (Å²) in [5.74, 6) is -4.75. The Morgan fingerprint density at radius 3 is 2.00 bits per heavy atom. The second-order valence-corrected chi connectivity index (χ2v) is 4.38. The third-order valence-electron chi connectivity index (χ3n) is 2.97. The van der Waals surface area contributed by atoms with Crippen molar-refractivity contribution in [1.29, 1.82) is 0 Å². The van der Waals surface area contributed by atoms with E-state index >= 15 is 0 Å². The molecule has 1 nitrogen and oxygen atoms in total.